The van der Waals surface area contributed by atoms with Crippen LogP contribution in [-0.4, -0.2) is 11.3 Å². The van der Waals surface area contributed by atoms with Crippen molar-refractivity contribution in [1.82, 2.24) is 0 Å². The van der Waals surface area contributed by atoms with Crippen molar-refractivity contribution in [1.29, 1.82) is 0 Å². The number of carbonyl (C=O) groups excluding carboxylic acids is 1. The Morgan fingerprint density at radius 3 is 2.56 bits per heavy atom. The molecule has 2 nitrogen and oxygen atoms in total. The highest BCUT2D eigenvalue weighted by atomic mass is 16.1. The van der Waals surface area contributed by atoms with Crippen LogP contribution in [0.1, 0.15) is 19.8 Å². The lowest BCUT2D eigenvalue weighted by Crippen LogP contribution is -2.18. The van der Waals surface area contributed by atoms with Gasteiger partial charge in [0.25, 0.3) is 0 Å². The van der Waals surface area contributed by atoms with Gasteiger partial charge in [-0.25, -0.2) is 0 Å². The van der Waals surface area contributed by atoms with Gasteiger partial charge in [0.05, 0.1) is 5.54 Å². The van der Waals surface area contributed by atoms with Gasteiger partial charge in [-0.2, -0.15) is 0 Å². The van der Waals surface area contributed by atoms with Crippen LogP contribution in [-0.2, 0) is 4.79 Å². The predicted molar refractivity (Wildman–Crippen MR) is 34.6 cm³/mol. The van der Waals surface area contributed by atoms with Crippen LogP contribution >= 0.6 is 0 Å². The summed E-state index contributed by atoms with van der Waals surface area (Å²) < 4.78 is 0. The summed E-state index contributed by atoms with van der Waals surface area (Å²) in [5.74, 6) is 5.04. The number of hydrogen-bond donors (Lipinski definition) is 1. The summed E-state index contributed by atoms with van der Waals surface area (Å²) in [5.41, 5.74) is 5.27. The third-order valence-electron chi connectivity index (χ3n) is 1.28. The number of carbonyl (C=O) groups is 1. The third kappa shape index (κ3) is 1.87. The van der Waals surface area contributed by atoms with Crippen LogP contribution in [0.3, 0.4) is 0 Å². The maximum atomic E-state index is 10.3. The third-order valence-corrected chi connectivity index (χ3v) is 1.28. The molecule has 1 aliphatic rings. The molecule has 1 saturated carbocycles. The average Bonchev–Trinajstić information content (AvgIpc) is 2.45. The predicted octanol–water partition coefficient (Wildman–Crippen LogP) is 0.0701. The van der Waals surface area contributed by atoms with Crippen molar-refractivity contribution in [3.8, 4) is 11.8 Å². The van der Waals surface area contributed by atoms with Gasteiger partial charge in [0.1, 0.15) is 0 Å². The summed E-state index contributed by atoms with van der Waals surface area (Å²) in [5, 5.41) is 0. The highest BCUT2D eigenvalue weighted by molar-refractivity contribution is 5.93. The van der Waals surface area contributed by atoms with Gasteiger partial charge in [-0.15, -0.1) is 0 Å². The van der Waals surface area contributed by atoms with Crippen molar-refractivity contribution < 1.29 is 4.79 Å². The fraction of sp³-hybridized carbons (Fsp3) is 0.571. The largest absolute Gasteiger partial charge is 0.315 e. The monoisotopic (exact) mass is 123 g/mol. The Morgan fingerprint density at radius 1 is 1.67 bits per heavy atom. The Bertz CT molecular complexity index is 193. The number of rotatable bonds is 0. The zero-order valence-corrected chi connectivity index (χ0v) is 5.40. The molecule has 48 valence electrons. The number of nitrogens with two attached hydrogens (primary N) is 1. The van der Waals surface area contributed by atoms with Crippen LogP contribution in [0.5, 0.6) is 0 Å². The van der Waals surface area contributed by atoms with Crippen molar-refractivity contribution >= 4 is 5.78 Å². The lowest BCUT2D eigenvalue weighted by Gasteiger charge is -1.90. The van der Waals surface area contributed by atoms with Crippen LogP contribution in [0.15, 0.2) is 0 Å². The molecule has 0 heterocycles. The van der Waals surface area contributed by atoms with Crippen LogP contribution in [0.25, 0.3) is 0 Å². The second-order valence-corrected chi connectivity index (χ2v) is 2.46. The molecule has 9 heavy (non-hydrogen) atoms. The zero-order valence-electron chi connectivity index (χ0n) is 5.40. The Balaban J connectivity index is 2.51. The minimum Gasteiger partial charge on any atom is -0.315 e. The first-order valence-electron chi connectivity index (χ1n) is 2.95. The van der Waals surface area contributed by atoms with E-state index in [-0.39, 0.29) is 11.3 Å². The Hall–Kier alpha value is -0.810. The Kier molecular flexibility index (Phi) is 1.30. The molecule has 2 heteroatoms. The molecule has 0 bridgehead atoms. The van der Waals surface area contributed by atoms with Crippen molar-refractivity contribution in [3.63, 3.8) is 0 Å². The molecule has 0 amide bonds. The van der Waals surface area contributed by atoms with Gasteiger partial charge < -0.3 is 5.73 Å². The van der Waals surface area contributed by atoms with Crippen LogP contribution < -0.4 is 5.73 Å². The summed E-state index contributed by atoms with van der Waals surface area (Å²) in [6, 6.07) is 0. The second-order valence-electron chi connectivity index (χ2n) is 2.46. The van der Waals surface area contributed by atoms with E-state index in [4.69, 9.17) is 5.73 Å². The van der Waals surface area contributed by atoms with Crippen molar-refractivity contribution in [2.24, 2.45) is 5.73 Å². The van der Waals surface area contributed by atoms with Crippen molar-refractivity contribution in [2.75, 3.05) is 0 Å². The van der Waals surface area contributed by atoms with E-state index in [0.29, 0.717) is 0 Å². The second kappa shape index (κ2) is 1.85. The maximum absolute atomic E-state index is 10.3. The van der Waals surface area contributed by atoms with E-state index in [2.05, 4.69) is 11.8 Å². The fourth-order valence-electron chi connectivity index (χ4n) is 0.472. The zero-order chi connectivity index (χ0) is 6.91. The maximum Gasteiger partial charge on any atom is 0.202 e. The first-order valence-corrected chi connectivity index (χ1v) is 2.95. The van der Waals surface area contributed by atoms with Gasteiger partial charge in [-0.1, -0.05) is 5.92 Å². The molecule has 0 radical (unpaired) electrons. The quantitative estimate of drug-likeness (QED) is 0.366. The van der Waals surface area contributed by atoms with Gasteiger partial charge in [0.2, 0.25) is 5.78 Å². The van der Waals surface area contributed by atoms with E-state index < -0.39 is 0 Å². The minimum absolute atomic E-state index is 0.105. The van der Waals surface area contributed by atoms with E-state index in [1.165, 1.54) is 6.92 Å². The highest BCUT2D eigenvalue weighted by Gasteiger charge is 2.36. The Morgan fingerprint density at radius 2 is 2.22 bits per heavy atom. The van der Waals surface area contributed by atoms with Crippen LogP contribution in [0.2, 0.25) is 0 Å². The molecule has 2 N–H and O–H groups in total. The van der Waals surface area contributed by atoms with Crippen molar-refractivity contribution in [2.45, 2.75) is 25.3 Å². The molecule has 0 aromatic carbocycles. The molecular formula is C7H9NO. The van der Waals surface area contributed by atoms with Gasteiger partial charge in [-0.3, -0.25) is 4.79 Å². The SMILES string of the molecule is CC(=O)C#CC1(N)CC1. The summed E-state index contributed by atoms with van der Waals surface area (Å²) >= 11 is 0. The first-order chi connectivity index (χ1) is 4.12. The Labute approximate surface area is 54.4 Å². The lowest BCUT2D eigenvalue weighted by molar-refractivity contribution is -0.111. The van der Waals surface area contributed by atoms with Gasteiger partial charge >= 0.3 is 0 Å². The van der Waals surface area contributed by atoms with E-state index in [1.54, 1.807) is 0 Å². The number of Topliss-reactive ketones (excluding diaryl/α,β-unsaturated/α-hetero) is 1. The molecule has 1 fully saturated rings. The molecule has 0 aliphatic heterocycles. The first kappa shape index (κ1) is 6.31. The molecule has 0 unspecified atom stereocenters. The van der Waals surface area contributed by atoms with Gasteiger partial charge in [0.15, 0.2) is 0 Å². The van der Waals surface area contributed by atoms with E-state index in [1.807, 2.05) is 0 Å². The summed E-state index contributed by atoms with van der Waals surface area (Å²) in [6.45, 7) is 1.44. The molecule has 0 saturated heterocycles. The normalized spacial score (nSPS) is 19.8. The smallest absolute Gasteiger partial charge is 0.202 e. The summed E-state index contributed by atoms with van der Waals surface area (Å²) in [7, 11) is 0. The molecule has 0 atom stereocenters. The van der Waals surface area contributed by atoms with E-state index in [0.717, 1.165) is 12.8 Å². The van der Waals surface area contributed by atoms with E-state index >= 15 is 0 Å². The standard InChI is InChI=1S/C7H9NO/c1-6(9)2-3-7(8)4-5-7/h4-5,8H2,1H3. The average molecular weight is 123 g/mol. The van der Waals surface area contributed by atoms with Gasteiger partial charge in [-0.05, 0) is 18.8 Å². The molecule has 0 aromatic rings. The molecule has 1 rings (SSSR count). The number of hydrogen-bond acceptors (Lipinski definition) is 2. The van der Waals surface area contributed by atoms with Crippen molar-refractivity contribution in [3.05, 3.63) is 0 Å². The lowest BCUT2D eigenvalue weighted by atomic mass is 10.3. The fourth-order valence-corrected chi connectivity index (χ4v) is 0.472. The molecule has 0 spiro atoms. The highest BCUT2D eigenvalue weighted by Crippen LogP contribution is 2.30. The molecular weight excluding hydrogens is 114 g/mol. The summed E-state index contributed by atoms with van der Waals surface area (Å²) in [4.78, 5) is 10.3. The number of ketones is 1. The topological polar surface area (TPSA) is 43.1 Å². The van der Waals surface area contributed by atoms with E-state index in [9.17, 15) is 4.79 Å². The van der Waals surface area contributed by atoms with Crippen LogP contribution in [0, 0.1) is 11.8 Å². The summed E-state index contributed by atoms with van der Waals surface area (Å²) in [6.07, 6.45) is 1.88. The van der Waals surface area contributed by atoms with Crippen LogP contribution in [0.4, 0.5) is 0 Å². The molecule has 0 aromatic heterocycles. The minimum atomic E-state index is -0.300. The van der Waals surface area contributed by atoms with Gasteiger partial charge in [0, 0.05) is 6.92 Å². The molecule has 1 aliphatic carbocycles.